The van der Waals surface area contributed by atoms with Crippen molar-refractivity contribution in [2.45, 2.75) is 24.9 Å². The van der Waals surface area contributed by atoms with Gasteiger partial charge in [0.1, 0.15) is 5.60 Å². The van der Waals surface area contributed by atoms with Crippen LogP contribution < -0.4 is 5.32 Å². The zero-order valence-corrected chi connectivity index (χ0v) is 15.5. The van der Waals surface area contributed by atoms with Gasteiger partial charge >= 0.3 is 5.97 Å². The molecule has 0 atom stereocenters. The number of hydrogen-bond donors (Lipinski definition) is 1. The Bertz CT molecular complexity index is 869. The number of nitrogens with one attached hydrogen (secondary N) is 1. The highest BCUT2D eigenvalue weighted by molar-refractivity contribution is 6.21. The van der Waals surface area contributed by atoms with Gasteiger partial charge in [0.15, 0.2) is 0 Å². The molecule has 1 fully saturated rings. The SMILES string of the molecule is O=C(CCN1C(=O)c2ccccc2C1=O)OC1(c2ccccc2)CCNCC1. The van der Waals surface area contributed by atoms with Crippen LogP contribution in [0.2, 0.25) is 0 Å². The number of rotatable bonds is 5. The Morgan fingerprint density at radius 1 is 0.929 bits per heavy atom. The van der Waals surface area contributed by atoms with Crippen molar-refractivity contribution in [2.24, 2.45) is 0 Å². The summed E-state index contributed by atoms with van der Waals surface area (Å²) in [6.45, 7) is 1.55. The van der Waals surface area contributed by atoms with Crippen molar-refractivity contribution in [3.63, 3.8) is 0 Å². The standard InChI is InChI=1S/C22H22N2O4/c25-19(10-15-24-20(26)17-8-4-5-9-18(17)21(24)27)28-22(11-13-23-14-12-22)16-6-2-1-3-7-16/h1-9,23H,10-15H2. The Hall–Kier alpha value is -2.99. The van der Waals surface area contributed by atoms with Crippen molar-refractivity contribution in [3.05, 3.63) is 71.3 Å². The number of carbonyl (C=O) groups excluding carboxylic acids is 3. The van der Waals surface area contributed by atoms with Gasteiger partial charge in [0.2, 0.25) is 0 Å². The van der Waals surface area contributed by atoms with Crippen LogP contribution in [0.15, 0.2) is 54.6 Å². The molecule has 2 aliphatic heterocycles. The number of amides is 2. The van der Waals surface area contributed by atoms with E-state index in [4.69, 9.17) is 4.74 Å². The molecular formula is C22H22N2O4. The van der Waals surface area contributed by atoms with Crippen LogP contribution in [0.1, 0.15) is 45.5 Å². The fraction of sp³-hybridized carbons (Fsp3) is 0.318. The maximum Gasteiger partial charge on any atom is 0.308 e. The van der Waals surface area contributed by atoms with Crippen molar-refractivity contribution < 1.29 is 19.1 Å². The molecule has 2 heterocycles. The first-order valence-electron chi connectivity index (χ1n) is 9.54. The molecule has 0 saturated carbocycles. The minimum atomic E-state index is -0.661. The number of nitrogens with zero attached hydrogens (tertiary/aromatic N) is 1. The van der Waals surface area contributed by atoms with Gasteiger partial charge in [-0.2, -0.15) is 0 Å². The third-order valence-corrected chi connectivity index (χ3v) is 5.44. The smallest absolute Gasteiger partial charge is 0.308 e. The predicted molar refractivity (Wildman–Crippen MR) is 103 cm³/mol. The van der Waals surface area contributed by atoms with E-state index in [2.05, 4.69) is 5.32 Å². The van der Waals surface area contributed by atoms with Crippen LogP contribution in [-0.2, 0) is 15.1 Å². The number of carbonyl (C=O) groups is 3. The van der Waals surface area contributed by atoms with E-state index in [0.717, 1.165) is 23.6 Å². The van der Waals surface area contributed by atoms with Crippen molar-refractivity contribution in [2.75, 3.05) is 19.6 Å². The lowest BCUT2D eigenvalue weighted by Crippen LogP contribution is -2.43. The second-order valence-electron chi connectivity index (χ2n) is 7.14. The van der Waals surface area contributed by atoms with E-state index in [1.165, 1.54) is 0 Å². The Balaban J connectivity index is 1.44. The van der Waals surface area contributed by atoms with Crippen molar-refractivity contribution >= 4 is 17.8 Å². The average Bonchev–Trinajstić information content (AvgIpc) is 2.98. The molecule has 28 heavy (non-hydrogen) atoms. The van der Waals surface area contributed by atoms with Gasteiger partial charge in [-0.05, 0) is 30.8 Å². The number of piperidine rings is 1. The second-order valence-corrected chi connectivity index (χ2v) is 7.14. The number of hydrogen-bond acceptors (Lipinski definition) is 5. The minimum absolute atomic E-state index is 0.0204. The van der Waals surface area contributed by atoms with Crippen LogP contribution in [0, 0.1) is 0 Å². The first kappa shape index (κ1) is 18.4. The molecule has 4 rings (SSSR count). The van der Waals surface area contributed by atoms with Crippen molar-refractivity contribution in [1.82, 2.24) is 10.2 Å². The molecule has 0 aliphatic carbocycles. The van der Waals surface area contributed by atoms with Crippen LogP contribution in [0.3, 0.4) is 0 Å². The van der Waals surface area contributed by atoms with E-state index in [1.807, 2.05) is 30.3 Å². The molecule has 0 unspecified atom stereocenters. The molecule has 6 nitrogen and oxygen atoms in total. The summed E-state index contributed by atoms with van der Waals surface area (Å²) in [6, 6.07) is 16.5. The highest BCUT2D eigenvalue weighted by Crippen LogP contribution is 2.35. The molecule has 1 N–H and O–H groups in total. The summed E-state index contributed by atoms with van der Waals surface area (Å²) in [7, 11) is 0. The summed E-state index contributed by atoms with van der Waals surface area (Å²) in [5, 5.41) is 3.29. The number of ether oxygens (including phenoxy) is 1. The van der Waals surface area contributed by atoms with Crippen molar-refractivity contribution in [3.8, 4) is 0 Å². The summed E-state index contributed by atoms with van der Waals surface area (Å²) >= 11 is 0. The second kappa shape index (κ2) is 7.56. The number of fused-ring (bicyclic) bond motifs is 1. The third-order valence-electron chi connectivity index (χ3n) is 5.44. The molecule has 1 saturated heterocycles. The molecule has 2 aromatic rings. The lowest BCUT2D eigenvalue weighted by atomic mass is 9.85. The fourth-order valence-electron chi connectivity index (χ4n) is 3.94. The Kier molecular flexibility index (Phi) is 4.96. The summed E-state index contributed by atoms with van der Waals surface area (Å²) in [6.07, 6.45) is 1.36. The lowest BCUT2D eigenvalue weighted by Gasteiger charge is -2.37. The number of benzene rings is 2. The van der Waals surface area contributed by atoms with E-state index >= 15 is 0 Å². The monoisotopic (exact) mass is 378 g/mol. The van der Waals surface area contributed by atoms with Crippen LogP contribution in [-0.4, -0.2) is 42.3 Å². The van der Waals surface area contributed by atoms with Gasteiger partial charge in [0, 0.05) is 19.4 Å². The van der Waals surface area contributed by atoms with Crippen LogP contribution in [0.25, 0.3) is 0 Å². The highest BCUT2D eigenvalue weighted by atomic mass is 16.6. The Morgan fingerprint density at radius 2 is 1.50 bits per heavy atom. The molecular weight excluding hydrogens is 356 g/mol. The molecule has 2 amide bonds. The van der Waals surface area contributed by atoms with Crippen LogP contribution >= 0.6 is 0 Å². The first-order valence-corrected chi connectivity index (χ1v) is 9.54. The molecule has 144 valence electrons. The Labute approximate surface area is 163 Å². The minimum Gasteiger partial charge on any atom is -0.454 e. The maximum absolute atomic E-state index is 12.6. The van der Waals surface area contributed by atoms with Gasteiger partial charge < -0.3 is 10.1 Å². The maximum atomic E-state index is 12.6. The van der Waals surface area contributed by atoms with Gasteiger partial charge in [0.25, 0.3) is 11.8 Å². The molecule has 2 aliphatic rings. The number of imide groups is 1. The van der Waals surface area contributed by atoms with Gasteiger partial charge in [-0.1, -0.05) is 42.5 Å². The summed E-state index contributed by atoms with van der Waals surface area (Å²) < 4.78 is 5.94. The third kappa shape index (κ3) is 3.31. The fourth-order valence-corrected chi connectivity index (χ4v) is 3.94. The predicted octanol–water partition coefficient (Wildman–Crippen LogP) is 2.49. The van der Waals surface area contributed by atoms with E-state index in [0.29, 0.717) is 24.0 Å². The topological polar surface area (TPSA) is 75.7 Å². The zero-order chi connectivity index (χ0) is 19.6. The average molecular weight is 378 g/mol. The Morgan fingerprint density at radius 3 is 2.11 bits per heavy atom. The zero-order valence-electron chi connectivity index (χ0n) is 15.5. The van der Waals surface area contributed by atoms with Gasteiger partial charge in [0.05, 0.1) is 17.5 Å². The van der Waals surface area contributed by atoms with E-state index in [9.17, 15) is 14.4 Å². The van der Waals surface area contributed by atoms with Crippen LogP contribution in [0.4, 0.5) is 0 Å². The van der Waals surface area contributed by atoms with E-state index < -0.39 is 11.6 Å². The van der Waals surface area contributed by atoms with E-state index in [-0.39, 0.29) is 24.8 Å². The molecule has 0 aromatic heterocycles. The van der Waals surface area contributed by atoms with E-state index in [1.54, 1.807) is 24.3 Å². The summed E-state index contributed by atoms with van der Waals surface area (Å²) in [4.78, 5) is 38.6. The molecule has 0 spiro atoms. The molecule has 6 heteroatoms. The summed E-state index contributed by atoms with van der Waals surface area (Å²) in [5.41, 5.74) is 1.09. The largest absolute Gasteiger partial charge is 0.454 e. The molecule has 0 radical (unpaired) electrons. The quantitative estimate of drug-likeness (QED) is 0.639. The van der Waals surface area contributed by atoms with Crippen molar-refractivity contribution in [1.29, 1.82) is 0 Å². The first-order chi connectivity index (χ1) is 13.6. The highest BCUT2D eigenvalue weighted by Gasteiger charge is 2.39. The normalized spacial score (nSPS) is 18.1. The van der Waals surface area contributed by atoms with Crippen LogP contribution in [0.5, 0.6) is 0 Å². The van der Waals surface area contributed by atoms with Gasteiger partial charge in [-0.3, -0.25) is 19.3 Å². The summed E-state index contributed by atoms with van der Waals surface area (Å²) in [5.74, 6) is -1.11. The lowest BCUT2D eigenvalue weighted by molar-refractivity contribution is -0.164. The van der Waals surface area contributed by atoms with Gasteiger partial charge in [-0.15, -0.1) is 0 Å². The van der Waals surface area contributed by atoms with Gasteiger partial charge in [-0.25, -0.2) is 0 Å². The number of esters is 1. The molecule has 0 bridgehead atoms. The molecule has 2 aromatic carbocycles.